The molecule has 0 aliphatic carbocycles. The zero-order valence-electron chi connectivity index (χ0n) is 29.1. The summed E-state index contributed by atoms with van der Waals surface area (Å²) in [7, 11) is -2.10. The predicted molar refractivity (Wildman–Crippen MR) is 224 cm³/mol. The summed E-state index contributed by atoms with van der Waals surface area (Å²) in [6.45, 7) is 4.89. The molecule has 0 bridgehead atoms. The molecule has 4 nitrogen and oxygen atoms in total. The van der Waals surface area contributed by atoms with E-state index < -0.39 is 8.07 Å². The second-order valence-corrected chi connectivity index (χ2v) is 19.7. The average Bonchev–Trinajstić information content (AvgIpc) is 3.86. The molecule has 0 fully saturated rings. The molecular weight excluding hydrogens is 683 g/mol. The summed E-state index contributed by atoms with van der Waals surface area (Å²) in [6, 6.07) is 53.6. The van der Waals surface area contributed by atoms with Crippen molar-refractivity contribution in [2.75, 3.05) is 0 Å². The maximum atomic E-state index is 6.86. The Kier molecular flexibility index (Phi) is 6.54. The van der Waals surface area contributed by atoms with Crippen LogP contribution in [0.4, 0.5) is 0 Å². The fraction of sp³-hybridized carbons (Fsp3) is 0.0426. The van der Waals surface area contributed by atoms with Crippen LogP contribution in [0.5, 0.6) is 0 Å². The van der Waals surface area contributed by atoms with Crippen molar-refractivity contribution < 1.29 is 4.42 Å². The van der Waals surface area contributed by atoms with Crippen molar-refractivity contribution in [3.63, 3.8) is 0 Å². The maximum Gasteiger partial charge on any atom is 0.165 e. The van der Waals surface area contributed by atoms with Crippen molar-refractivity contribution in [3.05, 3.63) is 152 Å². The topological polar surface area (TPSA) is 51.8 Å². The Morgan fingerprint density at radius 2 is 1.09 bits per heavy atom. The Balaban J connectivity index is 1.26. The lowest BCUT2D eigenvalue weighted by atomic mass is 9.97. The van der Waals surface area contributed by atoms with Gasteiger partial charge >= 0.3 is 0 Å². The number of furan rings is 1. The van der Waals surface area contributed by atoms with Crippen LogP contribution in [0.15, 0.2) is 156 Å². The average molecular weight is 714 g/mol. The fourth-order valence-corrected chi connectivity index (χ4v) is 12.7. The molecule has 10 aromatic rings. The van der Waals surface area contributed by atoms with Crippen molar-refractivity contribution in [2.45, 2.75) is 13.1 Å². The van der Waals surface area contributed by atoms with Gasteiger partial charge in [0, 0.05) is 53.2 Å². The largest absolute Gasteiger partial charge is 0.455 e. The van der Waals surface area contributed by atoms with Gasteiger partial charge in [0.15, 0.2) is 17.5 Å². The highest BCUT2D eigenvalue weighted by atomic mass is 32.1. The molecule has 0 saturated heterocycles. The van der Waals surface area contributed by atoms with Crippen LogP contribution in [-0.2, 0) is 0 Å². The van der Waals surface area contributed by atoms with E-state index in [1.807, 2.05) is 12.1 Å². The second-order valence-electron chi connectivity index (χ2n) is 14.3. The molecule has 0 amide bonds. The van der Waals surface area contributed by atoms with Crippen molar-refractivity contribution in [3.8, 4) is 56.4 Å². The highest BCUT2D eigenvalue weighted by Crippen LogP contribution is 2.45. The van der Waals surface area contributed by atoms with E-state index in [0.717, 1.165) is 49.8 Å². The number of nitrogens with zero attached hydrogens (tertiary/aromatic N) is 3. The monoisotopic (exact) mass is 713 g/mol. The molecule has 1 aliphatic heterocycles. The van der Waals surface area contributed by atoms with Gasteiger partial charge < -0.3 is 4.42 Å². The van der Waals surface area contributed by atoms with Crippen LogP contribution in [0.25, 0.3) is 98.5 Å². The van der Waals surface area contributed by atoms with Gasteiger partial charge in [0.05, 0.1) is 0 Å². The molecule has 3 aromatic heterocycles. The number of aromatic nitrogens is 3. The normalized spacial score (nSPS) is 13.2. The summed E-state index contributed by atoms with van der Waals surface area (Å²) in [5, 5.41) is 7.33. The van der Waals surface area contributed by atoms with Crippen LogP contribution >= 0.6 is 11.3 Å². The molecule has 0 saturated carbocycles. The summed E-state index contributed by atoms with van der Waals surface area (Å²) >= 11 is 1.79. The van der Waals surface area contributed by atoms with Crippen LogP contribution in [0.1, 0.15) is 0 Å². The van der Waals surface area contributed by atoms with Crippen molar-refractivity contribution >= 4 is 71.9 Å². The van der Waals surface area contributed by atoms with Gasteiger partial charge in [0.25, 0.3) is 0 Å². The lowest BCUT2D eigenvalue weighted by Crippen LogP contribution is -2.49. The molecule has 53 heavy (non-hydrogen) atoms. The molecule has 0 N–H and O–H groups in total. The van der Waals surface area contributed by atoms with Gasteiger partial charge in [-0.2, -0.15) is 0 Å². The highest BCUT2D eigenvalue weighted by molar-refractivity contribution is 7.26. The van der Waals surface area contributed by atoms with Gasteiger partial charge in [0.2, 0.25) is 0 Å². The number of benzene rings is 7. The van der Waals surface area contributed by atoms with Crippen LogP contribution in [0, 0.1) is 0 Å². The van der Waals surface area contributed by atoms with Gasteiger partial charge in [-0.1, -0.05) is 140 Å². The molecule has 0 radical (unpaired) electrons. The van der Waals surface area contributed by atoms with Crippen molar-refractivity contribution in [2.24, 2.45) is 0 Å². The van der Waals surface area contributed by atoms with Crippen molar-refractivity contribution in [1.29, 1.82) is 0 Å². The van der Waals surface area contributed by atoms with E-state index in [4.69, 9.17) is 19.4 Å². The van der Waals surface area contributed by atoms with E-state index in [9.17, 15) is 0 Å². The first-order valence-corrected chi connectivity index (χ1v) is 21.8. The highest BCUT2D eigenvalue weighted by Gasteiger charge is 2.40. The molecule has 0 atom stereocenters. The van der Waals surface area contributed by atoms with E-state index in [2.05, 4.69) is 153 Å². The molecule has 4 heterocycles. The summed E-state index contributed by atoms with van der Waals surface area (Å²) in [5.74, 6) is 1.95. The lowest BCUT2D eigenvalue weighted by molar-refractivity contribution is 0.670. The first-order valence-electron chi connectivity index (χ1n) is 17.9. The molecule has 0 unspecified atom stereocenters. The SMILES string of the molecule is C[Si]1(C)c2ccccc2-c2c1cc(-c1nc(-c3ccccc3-c3ccccc3)nc(-c3cccc4c3sc3ccccc34)n1)c1c2oc2ccccc21. The Hall–Kier alpha value is -6.21. The lowest BCUT2D eigenvalue weighted by Gasteiger charge is -2.19. The van der Waals surface area contributed by atoms with Gasteiger partial charge in [-0.25, -0.2) is 15.0 Å². The summed E-state index contributed by atoms with van der Waals surface area (Å²) in [6.07, 6.45) is 0. The van der Waals surface area contributed by atoms with E-state index in [1.165, 1.54) is 41.7 Å². The number of para-hydroxylation sites is 1. The molecule has 250 valence electrons. The Morgan fingerprint density at radius 1 is 0.491 bits per heavy atom. The predicted octanol–water partition coefficient (Wildman–Crippen LogP) is 11.6. The Labute approximate surface area is 311 Å². The number of rotatable bonds is 4. The smallest absolute Gasteiger partial charge is 0.165 e. The Morgan fingerprint density at radius 3 is 1.92 bits per heavy atom. The molecule has 0 spiro atoms. The summed E-state index contributed by atoms with van der Waals surface area (Å²) < 4.78 is 9.28. The van der Waals surface area contributed by atoms with Crippen molar-refractivity contribution in [1.82, 2.24) is 15.0 Å². The summed E-state index contributed by atoms with van der Waals surface area (Å²) in [4.78, 5) is 16.2. The molecule has 11 rings (SSSR count). The number of thiophene rings is 1. The number of hydrogen-bond donors (Lipinski definition) is 0. The first kappa shape index (κ1) is 30.4. The third kappa shape index (κ3) is 4.49. The van der Waals surface area contributed by atoms with Gasteiger partial charge in [0.1, 0.15) is 19.2 Å². The van der Waals surface area contributed by atoms with Gasteiger partial charge in [-0.3, -0.25) is 0 Å². The quantitative estimate of drug-likeness (QED) is 0.170. The van der Waals surface area contributed by atoms with Crippen LogP contribution in [0.3, 0.4) is 0 Å². The van der Waals surface area contributed by atoms with Gasteiger partial charge in [-0.05, 0) is 51.3 Å². The van der Waals surface area contributed by atoms with Crippen LogP contribution in [-0.4, -0.2) is 23.0 Å². The number of hydrogen-bond acceptors (Lipinski definition) is 5. The fourth-order valence-electron chi connectivity index (χ4n) is 8.44. The zero-order chi connectivity index (χ0) is 35.3. The first-order chi connectivity index (χ1) is 26.0. The van der Waals surface area contributed by atoms with E-state index in [0.29, 0.717) is 17.5 Å². The molecule has 1 aliphatic rings. The maximum absolute atomic E-state index is 6.86. The molecule has 7 aromatic carbocycles. The third-order valence-electron chi connectivity index (χ3n) is 11.0. The standard InChI is InChI=1S/C47H31N3OSSi/c1-53(2)39-26-13-10-21-34(39)42-40(53)27-36(41-33-20-8-11-24-37(33)51-43(41)42)47-49-45(32-19-7-6-17-29(32)28-15-4-3-5-16-28)48-46(50-47)35-23-14-22-31-30-18-9-12-25-38(30)52-44(31)35/h3-27H,1-2H3. The van der Waals surface area contributed by atoms with Crippen LogP contribution < -0.4 is 10.4 Å². The number of fused-ring (bicyclic) bond motifs is 10. The minimum atomic E-state index is -2.10. The second kappa shape index (κ2) is 11.4. The third-order valence-corrected chi connectivity index (χ3v) is 15.7. The van der Waals surface area contributed by atoms with E-state index >= 15 is 0 Å². The van der Waals surface area contributed by atoms with Crippen LogP contribution in [0.2, 0.25) is 13.1 Å². The molecular formula is C47H31N3OSSi. The minimum Gasteiger partial charge on any atom is -0.455 e. The minimum absolute atomic E-state index is 0.642. The Bertz CT molecular complexity index is 3110. The zero-order valence-corrected chi connectivity index (χ0v) is 30.9. The van der Waals surface area contributed by atoms with E-state index in [1.54, 1.807) is 11.3 Å². The summed E-state index contributed by atoms with van der Waals surface area (Å²) in [5.41, 5.74) is 9.39. The van der Waals surface area contributed by atoms with Gasteiger partial charge in [-0.15, -0.1) is 11.3 Å². The van der Waals surface area contributed by atoms with E-state index in [-0.39, 0.29) is 0 Å². The molecule has 6 heteroatoms.